The number of amides is 2. The number of aryl methyl sites for hydroxylation is 1. The first kappa shape index (κ1) is 23.5. The number of likely N-dealkylation sites (N-methyl/N-ethyl adjacent to an activating group) is 1. The number of nitrogens with zero attached hydrogens (tertiary/aromatic N) is 4. The molecular weight excluding hydrogens is 440 g/mol. The SMILES string of the molecule is Cc1cncc(C(=O)N2CC[C@H](Oc3cccc(Cl)c3)[C@@H](CC(=O)N3CCN(C)CC3)C2)c1. The van der Waals surface area contributed by atoms with E-state index < -0.39 is 0 Å². The highest BCUT2D eigenvalue weighted by molar-refractivity contribution is 6.30. The average Bonchev–Trinajstić information content (AvgIpc) is 2.80. The predicted molar refractivity (Wildman–Crippen MR) is 128 cm³/mol. The first-order valence-electron chi connectivity index (χ1n) is 11.5. The minimum atomic E-state index is -0.167. The van der Waals surface area contributed by atoms with Crippen LogP contribution in [0, 0.1) is 12.8 Å². The minimum absolute atomic E-state index is 0.0514. The van der Waals surface area contributed by atoms with Crippen molar-refractivity contribution in [1.29, 1.82) is 0 Å². The van der Waals surface area contributed by atoms with Gasteiger partial charge in [-0.15, -0.1) is 0 Å². The highest BCUT2D eigenvalue weighted by Gasteiger charge is 2.36. The third-order valence-corrected chi connectivity index (χ3v) is 6.68. The minimum Gasteiger partial charge on any atom is -0.490 e. The fraction of sp³-hybridized carbons (Fsp3) is 0.480. The molecule has 2 amide bonds. The van der Waals surface area contributed by atoms with Crippen molar-refractivity contribution in [3.8, 4) is 5.75 Å². The smallest absolute Gasteiger partial charge is 0.255 e. The van der Waals surface area contributed by atoms with Gasteiger partial charge in [-0.2, -0.15) is 0 Å². The van der Waals surface area contributed by atoms with E-state index in [1.54, 1.807) is 24.5 Å². The summed E-state index contributed by atoms with van der Waals surface area (Å²) in [5.41, 5.74) is 1.52. The average molecular weight is 471 g/mol. The number of halogens is 1. The monoisotopic (exact) mass is 470 g/mol. The van der Waals surface area contributed by atoms with Crippen LogP contribution in [-0.2, 0) is 4.79 Å². The van der Waals surface area contributed by atoms with Crippen LogP contribution in [0.25, 0.3) is 0 Å². The van der Waals surface area contributed by atoms with E-state index in [9.17, 15) is 9.59 Å². The van der Waals surface area contributed by atoms with Gasteiger partial charge >= 0.3 is 0 Å². The molecule has 1 aromatic carbocycles. The van der Waals surface area contributed by atoms with Crippen LogP contribution in [0.15, 0.2) is 42.7 Å². The molecule has 0 aliphatic carbocycles. The van der Waals surface area contributed by atoms with Crippen LogP contribution in [0.2, 0.25) is 5.02 Å². The summed E-state index contributed by atoms with van der Waals surface area (Å²) < 4.78 is 6.29. The number of carbonyl (C=O) groups excluding carboxylic acids is 2. The second kappa shape index (κ2) is 10.5. The zero-order valence-electron chi connectivity index (χ0n) is 19.2. The molecule has 4 rings (SSSR count). The van der Waals surface area contributed by atoms with E-state index >= 15 is 0 Å². The van der Waals surface area contributed by atoms with Gasteiger partial charge in [-0.25, -0.2) is 0 Å². The Bertz CT molecular complexity index is 993. The van der Waals surface area contributed by atoms with E-state index in [0.29, 0.717) is 42.3 Å². The molecule has 0 N–H and O–H groups in total. The summed E-state index contributed by atoms with van der Waals surface area (Å²) in [7, 11) is 2.07. The van der Waals surface area contributed by atoms with E-state index in [4.69, 9.17) is 16.3 Å². The van der Waals surface area contributed by atoms with Crippen LogP contribution < -0.4 is 4.74 Å². The van der Waals surface area contributed by atoms with Gasteiger partial charge in [0.15, 0.2) is 0 Å². The number of aromatic nitrogens is 1. The molecule has 2 aliphatic rings. The van der Waals surface area contributed by atoms with Gasteiger partial charge in [0, 0.05) is 75.4 Å². The first-order chi connectivity index (χ1) is 15.9. The van der Waals surface area contributed by atoms with Crippen molar-refractivity contribution in [2.75, 3.05) is 46.3 Å². The molecule has 0 saturated carbocycles. The maximum Gasteiger partial charge on any atom is 0.255 e. The molecule has 2 saturated heterocycles. The Kier molecular flexibility index (Phi) is 7.50. The predicted octanol–water partition coefficient (Wildman–Crippen LogP) is 3.12. The number of carbonyl (C=O) groups is 2. The molecule has 7 nitrogen and oxygen atoms in total. The number of pyridine rings is 1. The molecule has 2 atom stereocenters. The van der Waals surface area contributed by atoms with Crippen molar-refractivity contribution >= 4 is 23.4 Å². The number of hydrogen-bond acceptors (Lipinski definition) is 5. The van der Waals surface area contributed by atoms with Gasteiger partial charge in [-0.05, 0) is 43.8 Å². The van der Waals surface area contributed by atoms with E-state index in [-0.39, 0.29) is 23.8 Å². The highest BCUT2D eigenvalue weighted by atomic mass is 35.5. The third-order valence-electron chi connectivity index (χ3n) is 6.45. The lowest BCUT2D eigenvalue weighted by Gasteiger charge is -2.40. The van der Waals surface area contributed by atoms with Crippen molar-refractivity contribution < 1.29 is 14.3 Å². The quantitative estimate of drug-likeness (QED) is 0.671. The fourth-order valence-corrected chi connectivity index (χ4v) is 4.71. The van der Waals surface area contributed by atoms with Crippen molar-refractivity contribution in [1.82, 2.24) is 19.7 Å². The van der Waals surface area contributed by atoms with Gasteiger partial charge in [-0.3, -0.25) is 14.6 Å². The molecule has 0 spiro atoms. The second-order valence-electron chi connectivity index (χ2n) is 9.05. The molecule has 2 aliphatic heterocycles. The fourth-order valence-electron chi connectivity index (χ4n) is 4.53. The molecule has 0 unspecified atom stereocenters. The number of ether oxygens (including phenoxy) is 1. The van der Waals surface area contributed by atoms with Crippen LogP contribution in [-0.4, -0.2) is 83.9 Å². The van der Waals surface area contributed by atoms with Crippen molar-refractivity contribution in [2.45, 2.75) is 25.9 Å². The summed E-state index contributed by atoms with van der Waals surface area (Å²) in [5.74, 6) is 0.655. The van der Waals surface area contributed by atoms with E-state index in [1.165, 1.54) is 0 Å². The Labute approximate surface area is 200 Å². The Balaban J connectivity index is 1.49. The van der Waals surface area contributed by atoms with Gasteiger partial charge in [0.1, 0.15) is 11.9 Å². The van der Waals surface area contributed by atoms with Crippen LogP contribution in [0.3, 0.4) is 0 Å². The van der Waals surface area contributed by atoms with Crippen LogP contribution >= 0.6 is 11.6 Å². The van der Waals surface area contributed by atoms with Crippen molar-refractivity contribution in [3.05, 3.63) is 58.9 Å². The summed E-state index contributed by atoms with van der Waals surface area (Å²) >= 11 is 6.14. The highest BCUT2D eigenvalue weighted by Crippen LogP contribution is 2.28. The van der Waals surface area contributed by atoms with Gasteiger partial charge in [0.05, 0.1) is 5.56 Å². The lowest BCUT2D eigenvalue weighted by Crippen LogP contribution is -2.51. The first-order valence-corrected chi connectivity index (χ1v) is 11.9. The molecule has 2 fully saturated rings. The van der Waals surface area contributed by atoms with E-state index in [0.717, 1.165) is 31.7 Å². The van der Waals surface area contributed by atoms with Gasteiger partial charge in [0.25, 0.3) is 5.91 Å². The third kappa shape index (κ3) is 6.03. The van der Waals surface area contributed by atoms with Crippen LogP contribution in [0.4, 0.5) is 0 Å². The van der Waals surface area contributed by atoms with E-state index in [1.807, 2.05) is 34.9 Å². The number of piperidine rings is 1. The standard InChI is InChI=1S/C25H31ClN4O3/c1-18-12-19(16-27-15-18)25(32)30-7-6-23(33-22-5-3-4-21(26)14-22)20(17-30)13-24(31)29-10-8-28(2)9-11-29/h3-5,12,14-16,20,23H,6-11,13,17H2,1-2H3/t20-,23-/m0/s1. The summed E-state index contributed by atoms with van der Waals surface area (Å²) in [6.07, 6.45) is 4.18. The molecule has 176 valence electrons. The summed E-state index contributed by atoms with van der Waals surface area (Å²) in [6.45, 7) is 6.19. The molecule has 8 heteroatoms. The number of benzene rings is 1. The van der Waals surface area contributed by atoms with Gasteiger partial charge in [0.2, 0.25) is 5.91 Å². The molecule has 2 aromatic rings. The molecule has 1 aromatic heterocycles. The van der Waals surface area contributed by atoms with Crippen LogP contribution in [0.1, 0.15) is 28.8 Å². The van der Waals surface area contributed by atoms with Crippen molar-refractivity contribution in [3.63, 3.8) is 0 Å². The number of rotatable bonds is 5. The molecular formula is C25H31ClN4O3. The Morgan fingerprint density at radius 3 is 2.61 bits per heavy atom. The van der Waals surface area contributed by atoms with Crippen LogP contribution in [0.5, 0.6) is 5.75 Å². The summed E-state index contributed by atoms with van der Waals surface area (Å²) in [5, 5.41) is 0.608. The topological polar surface area (TPSA) is 66.0 Å². The maximum atomic E-state index is 13.2. The zero-order valence-corrected chi connectivity index (χ0v) is 20.0. The Morgan fingerprint density at radius 1 is 1.09 bits per heavy atom. The largest absolute Gasteiger partial charge is 0.490 e. The molecule has 33 heavy (non-hydrogen) atoms. The lowest BCUT2D eigenvalue weighted by atomic mass is 9.90. The summed E-state index contributed by atoms with van der Waals surface area (Å²) in [6, 6.07) is 9.18. The van der Waals surface area contributed by atoms with Gasteiger partial charge < -0.3 is 19.4 Å². The molecule has 0 radical (unpaired) electrons. The second-order valence-corrected chi connectivity index (χ2v) is 9.49. The Morgan fingerprint density at radius 2 is 1.88 bits per heavy atom. The molecule has 0 bridgehead atoms. The molecule has 3 heterocycles. The number of likely N-dealkylation sites (tertiary alicyclic amines) is 1. The number of hydrogen-bond donors (Lipinski definition) is 0. The zero-order chi connectivity index (χ0) is 23.4. The van der Waals surface area contributed by atoms with E-state index in [2.05, 4.69) is 16.9 Å². The normalized spacial score (nSPS) is 21.7. The number of piperazine rings is 1. The lowest BCUT2D eigenvalue weighted by molar-refractivity contribution is -0.135. The van der Waals surface area contributed by atoms with Gasteiger partial charge in [-0.1, -0.05) is 17.7 Å². The summed E-state index contributed by atoms with van der Waals surface area (Å²) in [4.78, 5) is 36.4. The maximum absolute atomic E-state index is 13.2. The Hall–Kier alpha value is -2.64. The van der Waals surface area contributed by atoms with Crippen molar-refractivity contribution in [2.24, 2.45) is 5.92 Å².